The maximum absolute atomic E-state index is 13.0. The van der Waals surface area contributed by atoms with Crippen molar-refractivity contribution in [2.75, 3.05) is 7.11 Å². The molecule has 1 fully saturated rings. The molecule has 26 heavy (non-hydrogen) atoms. The van der Waals surface area contributed by atoms with Gasteiger partial charge >= 0.3 is 5.97 Å². The lowest BCUT2D eigenvalue weighted by Gasteiger charge is -2.25. The van der Waals surface area contributed by atoms with Crippen molar-refractivity contribution in [3.8, 4) is 5.75 Å². The van der Waals surface area contributed by atoms with Gasteiger partial charge in [-0.15, -0.1) is 0 Å². The van der Waals surface area contributed by atoms with Crippen LogP contribution >= 0.6 is 0 Å². The fourth-order valence-electron chi connectivity index (χ4n) is 2.89. The van der Waals surface area contributed by atoms with Crippen molar-refractivity contribution in [1.82, 2.24) is 4.90 Å². The van der Waals surface area contributed by atoms with E-state index in [1.165, 1.54) is 14.0 Å². The normalized spacial score (nSPS) is 22.7. The van der Waals surface area contributed by atoms with Crippen LogP contribution in [0.3, 0.4) is 0 Å². The summed E-state index contributed by atoms with van der Waals surface area (Å²) in [5.41, 5.74) is -1.14. The van der Waals surface area contributed by atoms with Crippen molar-refractivity contribution in [2.24, 2.45) is 0 Å². The van der Waals surface area contributed by atoms with E-state index in [9.17, 15) is 19.2 Å². The number of carbonyl (C=O) groups excluding carboxylic acids is 4. The molecule has 0 aromatic heterocycles. The lowest BCUT2D eigenvalue weighted by Crippen LogP contribution is -2.33. The fourth-order valence-corrected chi connectivity index (χ4v) is 2.89. The number of nitrogens with zero attached hydrogens (tertiary/aromatic N) is 1. The molecule has 0 radical (unpaired) electrons. The number of likely N-dealkylation sites (tertiary alicyclic amines) is 1. The summed E-state index contributed by atoms with van der Waals surface area (Å²) >= 11 is 0. The number of Topliss-reactive ketones (excluding diaryl/α,β-unsaturated/α-hetero) is 1. The third-order valence-electron chi connectivity index (χ3n) is 4.26. The van der Waals surface area contributed by atoms with Gasteiger partial charge in [-0.2, -0.15) is 0 Å². The van der Waals surface area contributed by atoms with E-state index in [0.717, 1.165) is 11.8 Å². The minimum absolute atomic E-state index is 0.00308. The molecule has 1 atom stereocenters. The zero-order chi connectivity index (χ0) is 19.1. The molecule has 1 saturated heterocycles. The number of rotatable bonds is 4. The molecule has 0 N–H and O–H groups in total. The van der Waals surface area contributed by atoms with Crippen LogP contribution in [0, 0.1) is 0 Å². The Hall–Kier alpha value is -3.16. The number of carbonyl (C=O) groups is 4. The summed E-state index contributed by atoms with van der Waals surface area (Å²) in [5.74, 6) is -2.76. The summed E-state index contributed by atoms with van der Waals surface area (Å²) in [7, 11) is 1.48. The Morgan fingerprint density at radius 2 is 1.85 bits per heavy atom. The number of hydrogen-bond acceptors (Lipinski definition) is 7. The van der Waals surface area contributed by atoms with E-state index in [4.69, 9.17) is 14.2 Å². The molecule has 1 unspecified atom stereocenters. The lowest BCUT2D eigenvalue weighted by atomic mass is 9.91. The second-order valence-electron chi connectivity index (χ2n) is 6.05. The molecule has 2 heterocycles. The molecular formula is C18H17NO7. The average Bonchev–Trinajstić information content (AvgIpc) is 3.06. The Labute approximate surface area is 149 Å². The monoisotopic (exact) mass is 359 g/mol. The summed E-state index contributed by atoms with van der Waals surface area (Å²) in [6, 6.07) is 6.61. The first kappa shape index (κ1) is 17.7. The zero-order valence-electron chi connectivity index (χ0n) is 14.5. The van der Waals surface area contributed by atoms with Crippen LogP contribution in [0.4, 0.5) is 0 Å². The molecule has 1 aromatic rings. The van der Waals surface area contributed by atoms with E-state index in [2.05, 4.69) is 0 Å². The number of amides is 2. The second kappa shape index (κ2) is 6.29. The molecule has 0 spiro atoms. The third-order valence-corrected chi connectivity index (χ3v) is 4.26. The van der Waals surface area contributed by atoms with E-state index in [-0.39, 0.29) is 18.7 Å². The molecule has 0 aliphatic carbocycles. The highest BCUT2D eigenvalue weighted by atomic mass is 16.6. The van der Waals surface area contributed by atoms with Crippen molar-refractivity contribution < 1.29 is 33.4 Å². The van der Waals surface area contributed by atoms with E-state index in [1.807, 2.05) is 0 Å². The lowest BCUT2D eigenvalue weighted by molar-refractivity contribution is -0.144. The van der Waals surface area contributed by atoms with Crippen molar-refractivity contribution in [3.63, 3.8) is 0 Å². The summed E-state index contributed by atoms with van der Waals surface area (Å²) in [5, 5.41) is 0. The molecule has 1 aromatic carbocycles. The van der Waals surface area contributed by atoms with Gasteiger partial charge in [0.25, 0.3) is 11.7 Å². The molecule has 0 bridgehead atoms. The van der Waals surface area contributed by atoms with E-state index in [1.54, 1.807) is 24.3 Å². The predicted molar refractivity (Wildman–Crippen MR) is 86.3 cm³/mol. The topological polar surface area (TPSA) is 99.2 Å². The summed E-state index contributed by atoms with van der Waals surface area (Å²) in [6.07, 6.45) is 0.00617. The van der Waals surface area contributed by atoms with Crippen molar-refractivity contribution in [2.45, 2.75) is 32.3 Å². The van der Waals surface area contributed by atoms with Crippen molar-refractivity contribution in [3.05, 3.63) is 41.5 Å². The number of esters is 1. The SMILES string of the molecule is COc1cccc(C2(C)OC(N3C(=O)CCC3=O)=C(OC(C)=O)C2=O)c1. The Morgan fingerprint density at radius 1 is 1.19 bits per heavy atom. The molecule has 8 heteroatoms. The first-order chi connectivity index (χ1) is 12.3. The number of methoxy groups -OCH3 is 1. The molecule has 0 saturated carbocycles. The maximum atomic E-state index is 13.0. The van der Waals surface area contributed by atoms with Crippen LogP contribution in [0.5, 0.6) is 5.75 Å². The number of hydrogen-bond donors (Lipinski definition) is 0. The van der Waals surface area contributed by atoms with Crippen LogP contribution < -0.4 is 4.74 Å². The van der Waals surface area contributed by atoms with Gasteiger partial charge in [0.15, 0.2) is 5.60 Å². The zero-order valence-corrected chi connectivity index (χ0v) is 14.5. The fraction of sp³-hybridized carbons (Fsp3) is 0.333. The maximum Gasteiger partial charge on any atom is 0.308 e. The highest BCUT2D eigenvalue weighted by Gasteiger charge is 2.53. The molecule has 3 rings (SSSR count). The van der Waals surface area contributed by atoms with Gasteiger partial charge in [-0.05, 0) is 19.1 Å². The predicted octanol–water partition coefficient (Wildman–Crippen LogP) is 1.39. The Bertz CT molecular complexity index is 841. The Kier molecular flexibility index (Phi) is 4.27. The molecule has 8 nitrogen and oxygen atoms in total. The number of imide groups is 1. The number of ketones is 1. The largest absolute Gasteiger partial charge is 0.497 e. The van der Waals surface area contributed by atoms with Gasteiger partial charge in [-0.1, -0.05) is 12.1 Å². The summed E-state index contributed by atoms with van der Waals surface area (Å²) < 4.78 is 15.9. The molecule has 2 aliphatic heterocycles. The highest BCUT2D eigenvalue weighted by molar-refractivity contribution is 6.08. The molecule has 2 aliphatic rings. The third kappa shape index (κ3) is 2.73. The quantitative estimate of drug-likeness (QED) is 0.592. The van der Waals surface area contributed by atoms with Crippen molar-refractivity contribution in [1.29, 1.82) is 0 Å². The van der Waals surface area contributed by atoms with E-state index < -0.39 is 34.9 Å². The number of ether oxygens (including phenoxy) is 3. The standard InChI is InChI=1S/C18H17NO7/c1-10(20)25-15-16(23)18(2,11-5-4-6-12(9-11)24-3)26-17(15)19-13(21)7-8-14(19)22/h4-6,9H,7-8H2,1-3H3. The molecular weight excluding hydrogens is 342 g/mol. The van der Waals surface area contributed by atoms with Crippen LogP contribution in [0.25, 0.3) is 0 Å². The second-order valence-corrected chi connectivity index (χ2v) is 6.05. The van der Waals surface area contributed by atoms with Crippen LogP contribution in [0.2, 0.25) is 0 Å². The van der Waals surface area contributed by atoms with Gasteiger partial charge in [-0.25, -0.2) is 4.90 Å². The van der Waals surface area contributed by atoms with Gasteiger partial charge in [-0.3, -0.25) is 19.2 Å². The average molecular weight is 359 g/mol. The van der Waals surface area contributed by atoms with Gasteiger partial charge < -0.3 is 14.2 Å². The first-order valence-corrected chi connectivity index (χ1v) is 7.94. The van der Waals surface area contributed by atoms with Gasteiger partial charge in [0.2, 0.25) is 17.6 Å². The highest BCUT2D eigenvalue weighted by Crippen LogP contribution is 2.42. The summed E-state index contributed by atoms with van der Waals surface area (Å²) in [4.78, 5) is 49.4. The van der Waals surface area contributed by atoms with E-state index >= 15 is 0 Å². The van der Waals surface area contributed by atoms with Gasteiger partial charge in [0.1, 0.15) is 5.75 Å². The van der Waals surface area contributed by atoms with E-state index in [0.29, 0.717) is 11.3 Å². The van der Waals surface area contributed by atoms with Crippen molar-refractivity contribution >= 4 is 23.6 Å². The van der Waals surface area contributed by atoms with Gasteiger partial charge in [0.05, 0.1) is 7.11 Å². The minimum Gasteiger partial charge on any atom is -0.497 e. The van der Waals surface area contributed by atoms with Gasteiger partial charge in [0, 0.05) is 25.3 Å². The van der Waals surface area contributed by atoms with Crippen LogP contribution in [-0.2, 0) is 34.3 Å². The summed E-state index contributed by atoms with van der Waals surface area (Å²) in [6.45, 7) is 2.60. The van der Waals surface area contributed by atoms with Crippen LogP contribution in [0.1, 0.15) is 32.3 Å². The number of benzene rings is 1. The Balaban J connectivity index is 2.08. The molecule has 136 valence electrons. The first-order valence-electron chi connectivity index (χ1n) is 7.94. The Morgan fingerprint density at radius 3 is 2.42 bits per heavy atom. The molecule has 2 amide bonds. The van der Waals surface area contributed by atoms with Crippen LogP contribution in [-0.4, -0.2) is 35.6 Å². The smallest absolute Gasteiger partial charge is 0.308 e. The minimum atomic E-state index is -1.57. The van der Waals surface area contributed by atoms with Crippen LogP contribution in [0.15, 0.2) is 35.9 Å².